The Morgan fingerprint density at radius 2 is 0.500 bits per heavy atom. The van der Waals surface area contributed by atoms with Gasteiger partial charge in [0, 0.05) is 0 Å². The molecule has 0 N–H and O–H groups in total. The SMILES string of the molecule is [C+4].c1ccc([P+](c2ccccc2)(c2ccccc2)c2ccccc2)cc1. The van der Waals surface area contributed by atoms with Crippen molar-refractivity contribution in [2.75, 3.05) is 0 Å². The van der Waals surface area contributed by atoms with Crippen molar-refractivity contribution in [3.05, 3.63) is 129 Å². The molecule has 0 aliphatic carbocycles. The van der Waals surface area contributed by atoms with Crippen LogP contribution in [0.25, 0.3) is 0 Å². The Bertz CT molecular complexity index is 753. The summed E-state index contributed by atoms with van der Waals surface area (Å²) in [5.41, 5.74) is 0. The molecule has 0 heterocycles. The molecule has 0 amide bonds. The van der Waals surface area contributed by atoms with E-state index in [1.165, 1.54) is 21.2 Å². The van der Waals surface area contributed by atoms with Gasteiger partial charge in [0.1, 0.15) is 28.5 Å². The molecule has 0 saturated heterocycles. The third kappa shape index (κ3) is 3.09. The number of hydrogen-bond donors (Lipinski definition) is 0. The normalized spacial score (nSPS) is 10.8. The van der Waals surface area contributed by atoms with Crippen LogP contribution in [-0.4, -0.2) is 0 Å². The van der Waals surface area contributed by atoms with E-state index in [0.29, 0.717) is 0 Å². The van der Waals surface area contributed by atoms with Gasteiger partial charge >= 0.3 is 7.43 Å². The van der Waals surface area contributed by atoms with Crippen LogP contribution >= 0.6 is 7.26 Å². The monoisotopic (exact) mass is 351 g/mol. The summed E-state index contributed by atoms with van der Waals surface area (Å²) in [5, 5.41) is 5.55. The van der Waals surface area contributed by atoms with Gasteiger partial charge < -0.3 is 0 Å². The van der Waals surface area contributed by atoms with Gasteiger partial charge in [-0.3, -0.25) is 0 Å². The Morgan fingerprint density at radius 3 is 0.692 bits per heavy atom. The van der Waals surface area contributed by atoms with Crippen molar-refractivity contribution in [3.8, 4) is 0 Å². The van der Waals surface area contributed by atoms with Crippen LogP contribution in [-0.2, 0) is 0 Å². The molecule has 1 heteroatoms. The molecular weight excluding hydrogens is 331 g/mol. The van der Waals surface area contributed by atoms with Crippen molar-refractivity contribution in [1.29, 1.82) is 0 Å². The predicted molar refractivity (Wildman–Crippen MR) is 114 cm³/mol. The first kappa shape index (κ1) is 18.1. The molecular formula is C25H20P+5. The maximum Gasteiger partial charge on any atom is 4.00 e. The minimum Gasteiger partial charge on any atom is -0.0620 e. The number of rotatable bonds is 4. The van der Waals surface area contributed by atoms with Crippen LogP contribution in [0.3, 0.4) is 0 Å². The van der Waals surface area contributed by atoms with Crippen molar-refractivity contribution in [1.82, 2.24) is 0 Å². The van der Waals surface area contributed by atoms with E-state index in [1.807, 2.05) is 0 Å². The number of benzene rings is 4. The molecule has 0 unspecified atom stereocenters. The van der Waals surface area contributed by atoms with E-state index < -0.39 is 7.26 Å². The maximum atomic E-state index is 2.28. The quantitative estimate of drug-likeness (QED) is 0.479. The van der Waals surface area contributed by atoms with Crippen molar-refractivity contribution in [3.63, 3.8) is 0 Å². The Kier molecular flexibility index (Phi) is 5.66. The molecule has 0 aromatic heterocycles. The first-order valence-electron chi connectivity index (χ1n) is 8.54. The molecule has 0 saturated carbocycles. The van der Waals surface area contributed by atoms with E-state index in [2.05, 4.69) is 121 Å². The molecule has 0 radical (unpaired) electrons. The zero-order valence-corrected chi connectivity index (χ0v) is 15.4. The first-order valence-corrected chi connectivity index (χ1v) is 10.3. The molecule has 0 fully saturated rings. The van der Waals surface area contributed by atoms with Gasteiger partial charge in [-0.2, -0.15) is 0 Å². The minimum atomic E-state index is -1.91. The second-order valence-electron chi connectivity index (χ2n) is 6.01. The zero-order chi connectivity index (χ0) is 17.0. The van der Waals surface area contributed by atoms with Crippen LogP contribution in [0.4, 0.5) is 0 Å². The molecule has 4 aromatic carbocycles. The van der Waals surface area contributed by atoms with E-state index in [4.69, 9.17) is 0 Å². The third-order valence-corrected chi connectivity index (χ3v) is 8.86. The Balaban J connectivity index is 0.00000196. The van der Waals surface area contributed by atoms with Crippen molar-refractivity contribution in [2.24, 2.45) is 0 Å². The molecule has 26 heavy (non-hydrogen) atoms. The van der Waals surface area contributed by atoms with Crippen molar-refractivity contribution < 1.29 is 0 Å². The van der Waals surface area contributed by atoms with Gasteiger partial charge in [-0.15, -0.1) is 0 Å². The van der Waals surface area contributed by atoms with E-state index in [-0.39, 0.29) is 7.43 Å². The largest absolute Gasteiger partial charge is 4.00 e. The van der Waals surface area contributed by atoms with Gasteiger partial charge in [-0.05, 0) is 48.5 Å². The summed E-state index contributed by atoms with van der Waals surface area (Å²) in [6.07, 6.45) is 0. The van der Waals surface area contributed by atoms with Crippen LogP contribution in [0.5, 0.6) is 0 Å². The van der Waals surface area contributed by atoms with E-state index in [1.54, 1.807) is 0 Å². The van der Waals surface area contributed by atoms with E-state index in [0.717, 1.165) is 0 Å². The standard InChI is InChI=1S/C24H20P.C/c1-5-13-21(14-6-1)25(22-15-7-2-8-16-22,23-17-9-3-10-18-23)24-19-11-4-12-20-24;/h1-20H;/q+1;+4. The summed E-state index contributed by atoms with van der Waals surface area (Å²) in [6, 6.07) is 43.8. The Morgan fingerprint density at radius 1 is 0.308 bits per heavy atom. The molecule has 0 spiro atoms. The molecule has 4 aromatic rings. The van der Waals surface area contributed by atoms with Gasteiger partial charge in [0.05, 0.1) is 0 Å². The molecule has 0 atom stereocenters. The smallest absolute Gasteiger partial charge is 0.0620 e. The van der Waals surface area contributed by atoms with Gasteiger partial charge in [-0.25, -0.2) is 0 Å². The molecule has 0 nitrogen and oxygen atoms in total. The predicted octanol–water partition coefficient (Wildman–Crippen LogP) is 4.39. The van der Waals surface area contributed by atoms with Crippen molar-refractivity contribution >= 4 is 28.5 Å². The van der Waals surface area contributed by atoms with E-state index in [9.17, 15) is 0 Å². The molecule has 4 rings (SSSR count). The van der Waals surface area contributed by atoms with Gasteiger partial charge in [0.25, 0.3) is 0 Å². The van der Waals surface area contributed by atoms with Crippen LogP contribution < -0.4 is 21.2 Å². The fourth-order valence-corrected chi connectivity index (χ4v) is 7.77. The van der Waals surface area contributed by atoms with Gasteiger partial charge in [0.2, 0.25) is 0 Å². The van der Waals surface area contributed by atoms with Crippen LogP contribution in [0.15, 0.2) is 121 Å². The van der Waals surface area contributed by atoms with Crippen molar-refractivity contribution in [2.45, 2.75) is 0 Å². The molecule has 0 aliphatic rings. The molecule has 0 bridgehead atoms. The minimum absolute atomic E-state index is 0. The van der Waals surface area contributed by atoms with Gasteiger partial charge in [0.15, 0.2) is 0 Å². The number of hydrogen-bond acceptors (Lipinski definition) is 0. The van der Waals surface area contributed by atoms with Crippen LogP contribution in [0.1, 0.15) is 0 Å². The van der Waals surface area contributed by atoms with E-state index >= 15 is 0 Å². The topological polar surface area (TPSA) is 0 Å². The third-order valence-electron chi connectivity index (χ3n) is 4.57. The summed E-state index contributed by atoms with van der Waals surface area (Å²) in [7, 11) is -1.91. The first-order chi connectivity index (χ1) is 12.4. The maximum absolute atomic E-state index is 2.28. The zero-order valence-electron chi connectivity index (χ0n) is 14.5. The van der Waals surface area contributed by atoms with Crippen LogP contribution in [0, 0.1) is 7.43 Å². The second-order valence-corrected chi connectivity index (χ2v) is 9.42. The fraction of sp³-hybridized carbons (Fsp3) is 0. The summed E-state index contributed by atoms with van der Waals surface area (Å²) in [5.74, 6) is 0. The van der Waals surface area contributed by atoms with Crippen LogP contribution in [0.2, 0.25) is 0 Å². The Labute approximate surface area is 157 Å². The molecule has 120 valence electrons. The fourth-order valence-electron chi connectivity index (χ4n) is 3.50. The Hall–Kier alpha value is -2.69. The summed E-state index contributed by atoms with van der Waals surface area (Å²) in [6.45, 7) is 0. The summed E-state index contributed by atoms with van der Waals surface area (Å²) >= 11 is 0. The summed E-state index contributed by atoms with van der Waals surface area (Å²) < 4.78 is 0. The average Bonchev–Trinajstić information content (AvgIpc) is 2.72. The van der Waals surface area contributed by atoms with Gasteiger partial charge in [-0.1, -0.05) is 72.8 Å². The molecule has 0 aliphatic heterocycles. The second kappa shape index (κ2) is 8.13. The average molecular weight is 351 g/mol. The summed E-state index contributed by atoms with van der Waals surface area (Å²) in [4.78, 5) is 0.